The van der Waals surface area contributed by atoms with Gasteiger partial charge in [-0.15, -0.1) is 0 Å². The maximum Gasteiger partial charge on any atom is 0.242 e. The van der Waals surface area contributed by atoms with Gasteiger partial charge in [0.25, 0.3) is 0 Å². The van der Waals surface area contributed by atoms with Crippen LogP contribution in [-0.2, 0) is 10.3 Å². The molecule has 104 valence electrons. The Labute approximate surface area is 112 Å². The molecular formula is C14H20FN3O. The summed E-state index contributed by atoms with van der Waals surface area (Å²) < 4.78 is 13.0. The summed E-state index contributed by atoms with van der Waals surface area (Å²) in [5.74, 6) is -0.714. The van der Waals surface area contributed by atoms with Gasteiger partial charge >= 0.3 is 0 Å². The molecule has 1 aliphatic rings. The highest BCUT2D eigenvalue weighted by Gasteiger charge is 2.39. The van der Waals surface area contributed by atoms with E-state index in [-0.39, 0.29) is 5.82 Å². The van der Waals surface area contributed by atoms with Crippen molar-refractivity contribution in [2.24, 2.45) is 5.73 Å². The second-order valence-electron chi connectivity index (χ2n) is 5.03. The van der Waals surface area contributed by atoms with Crippen molar-refractivity contribution in [2.75, 3.05) is 26.2 Å². The Kier molecular flexibility index (Phi) is 4.17. The molecule has 1 fully saturated rings. The third-order valence-corrected chi connectivity index (χ3v) is 3.86. The fourth-order valence-electron chi connectivity index (χ4n) is 2.55. The van der Waals surface area contributed by atoms with E-state index >= 15 is 0 Å². The number of rotatable bonds is 3. The van der Waals surface area contributed by atoms with Crippen molar-refractivity contribution in [1.29, 1.82) is 0 Å². The Morgan fingerprint density at radius 1 is 1.32 bits per heavy atom. The van der Waals surface area contributed by atoms with Gasteiger partial charge in [0.1, 0.15) is 11.4 Å². The number of nitrogens with two attached hydrogens (primary N) is 1. The molecule has 1 heterocycles. The summed E-state index contributed by atoms with van der Waals surface area (Å²) in [6.07, 6.45) is 0.962. The van der Waals surface area contributed by atoms with E-state index in [2.05, 4.69) is 10.2 Å². The lowest BCUT2D eigenvalue weighted by atomic mass is 9.89. The van der Waals surface area contributed by atoms with E-state index in [4.69, 9.17) is 5.73 Å². The molecule has 1 unspecified atom stereocenters. The van der Waals surface area contributed by atoms with Crippen molar-refractivity contribution in [2.45, 2.75) is 18.9 Å². The van der Waals surface area contributed by atoms with Crippen LogP contribution < -0.4 is 11.1 Å². The van der Waals surface area contributed by atoms with Gasteiger partial charge in [0.2, 0.25) is 5.91 Å². The predicted octanol–water partition coefficient (Wildman–Crippen LogP) is 0.822. The first kappa shape index (κ1) is 14.0. The molecule has 2 rings (SSSR count). The van der Waals surface area contributed by atoms with Crippen molar-refractivity contribution in [3.8, 4) is 0 Å². The number of hydrogen-bond donors (Lipinski definition) is 2. The van der Waals surface area contributed by atoms with E-state index in [1.165, 1.54) is 12.1 Å². The number of carbonyl (C=O) groups is 1. The minimum Gasteiger partial charge on any atom is -0.368 e. The van der Waals surface area contributed by atoms with E-state index in [1.807, 2.05) is 6.92 Å². The van der Waals surface area contributed by atoms with E-state index in [0.717, 1.165) is 38.2 Å². The summed E-state index contributed by atoms with van der Waals surface area (Å²) in [4.78, 5) is 14.1. The van der Waals surface area contributed by atoms with Gasteiger partial charge in [-0.2, -0.15) is 0 Å². The molecule has 1 amide bonds. The normalized spacial score (nSPS) is 20.5. The lowest BCUT2D eigenvalue weighted by Crippen LogP contribution is -2.54. The minimum atomic E-state index is -0.889. The van der Waals surface area contributed by atoms with Gasteiger partial charge in [0, 0.05) is 19.6 Å². The highest BCUT2D eigenvalue weighted by molar-refractivity contribution is 5.85. The molecule has 0 aliphatic carbocycles. The molecule has 0 bridgehead atoms. The SMILES string of the molecule is CC(C(N)=O)(c1ccc(F)cc1)N1CCCNCC1. The summed E-state index contributed by atoms with van der Waals surface area (Å²) in [5.41, 5.74) is 5.48. The molecule has 1 saturated heterocycles. The third kappa shape index (κ3) is 2.77. The molecule has 3 N–H and O–H groups in total. The Morgan fingerprint density at radius 2 is 2.00 bits per heavy atom. The van der Waals surface area contributed by atoms with Crippen LogP contribution in [0.5, 0.6) is 0 Å². The molecule has 4 nitrogen and oxygen atoms in total. The van der Waals surface area contributed by atoms with Crippen molar-refractivity contribution >= 4 is 5.91 Å². The predicted molar refractivity (Wildman–Crippen MR) is 72.0 cm³/mol. The Hall–Kier alpha value is -1.46. The van der Waals surface area contributed by atoms with Gasteiger partial charge in [-0.3, -0.25) is 9.69 Å². The minimum absolute atomic E-state index is 0.312. The van der Waals surface area contributed by atoms with Gasteiger partial charge in [-0.25, -0.2) is 4.39 Å². The van der Waals surface area contributed by atoms with Gasteiger partial charge in [0.15, 0.2) is 0 Å². The number of benzene rings is 1. The number of carbonyl (C=O) groups excluding carboxylic acids is 1. The van der Waals surface area contributed by atoms with Crippen molar-refractivity contribution in [3.63, 3.8) is 0 Å². The van der Waals surface area contributed by atoms with Crippen LogP contribution in [0.3, 0.4) is 0 Å². The summed E-state index contributed by atoms with van der Waals surface area (Å²) >= 11 is 0. The number of hydrogen-bond acceptors (Lipinski definition) is 3. The fraction of sp³-hybridized carbons (Fsp3) is 0.500. The van der Waals surface area contributed by atoms with E-state index in [9.17, 15) is 9.18 Å². The summed E-state index contributed by atoms with van der Waals surface area (Å²) in [6, 6.07) is 6.01. The fourth-order valence-corrected chi connectivity index (χ4v) is 2.55. The number of amides is 1. The average Bonchev–Trinajstić information content (AvgIpc) is 2.67. The van der Waals surface area contributed by atoms with Gasteiger partial charge in [-0.05, 0) is 37.6 Å². The lowest BCUT2D eigenvalue weighted by molar-refractivity contribution is -0.130. The first-order chi connectivity index (χ1) is 9.05. The number of nitrogens with one attached hydrogen (secondary N) is 1. The van der Waals surface area contributed by atoms with Crippen LogP contribution in [0.4, 0.5) is 4.39 Å². The molecule has 0 aromatic heterocycles. The molecule has 0 spiro atoms. The number of halogens is 1. The van der Waals surface area contributed by atoms with Crippen LogP contribution in [-0.4, -0.2) is 37.0 Å². The van der Waals surface area contributed by atoms with Gasteiger partial charge in [0.05, 0.1) is 0 Å². The molecule has 1 aromatic carbocycles. The Morgan fingerprint density at radius 3 is 2.63 bits per heavy atom. The Bertz CT molecular complexity index is 441. The molecule has 0 radical (unpaired) electrons. The van der Waals surface area contributed by atoms with Gasteiger partial charge in [-0.1, -0.05) is 12.1 Å². The molecule has 1 aromatic rings. The number of nitrogens with zero attached hydrogens (tertiary/aromatic N) is 1. The maximum absolute atomic E-state index is 13.0. The van der Waals surface area contributed by atoms with Crippen molar-refractivity contribution < 1.29 is 9.18 Å². The second kappa shape index (κ2) is 5.67. The zero-order valence-electron chi connectivity index (χ0n) is 11.2. The smallest absolute Gasteiger partial charge is 0.242 e. The summed E-state index contributed by atoms with van der Waals surface area (Å²) in [5, 5.41) is 3.30. The van der Waals surface area contributed by atoms with E-state index in [1.54, 1.807) is 12.1 Å². The largest absolute Gasteiger partial charge is 0.368 e. The van der Waals surface area contributed by atoms with Gasteiger partial charge < -0.3 is 11.1 Å². The molecule has 19 heavy (non-hydrogen) atoms. The van der Waals surface area contributed by atoms with Crippen molar-refractivity contribution in [3.05, 3.63) is 35.6 Å². The zero-order chi connectivity index (χ0) is 13.9. The topological polar surface area (TPSA) is 58.4 Å². The van der Waals surface area contributed by atoms with E-state index < -0.39 is 11.4 Å². The quantitative estimate of drug-likeness (QED) is 0.851. The highest BCUT2D eigenvalue weighted by atomic mass is 19.1. The summed E-state index contributed by atoms with van der Waals surface area (Å²) in [7, 11) is 0. The highest BCUT2D eigenvalue weighted by Crippen LogP contribution is 2.28. The molecule has 5 heteroatoms. The Balaban J connectivity index is 2.35. The third-order valence-electron chi connectivity index (χ3n) is 3.86. The average molecular weight is 265 g/mol. The van der Waals surface area contributed by atoms with Crippen LogP contribution in [0.25, 0.3) is 0 Å². The molecule has 1 atom stereocenters. The van der Waals surface area contributed by atoms with Crippen LogP contribution in [0, 0.1) is 5.82 Å². The van der Waals surface area contributed by atoms with Crippen LogP contribution in [0.2, 0.25) is 0 Å². The second-order valence-corrected chi connectivity index (χ2v) is 5.03. The standard InChI is InChI=1S/C14H20FN3O/c1-14(13(16)19,11-3-5-12(15)6-4-11)18-9-2-7-17-8-10-18/h3-6,17H,2,7-10H2,1H3,(H2,16,19). The van der Waals surface area contributed by atoms with E-state index in [0.29, 0.717) is 0 Å². The molecule has 0 saturated carbocycles. The molecular weight excluding hydrogens is 245 g/mol. The monoisotopic (exact) mass is 265 g/mol. The summed E-state index contributed by atoms with van der Waals surface area (Å²) in [6.45, 7) is 5.12. The maximum atomic E-state index is 13.0. The first-order valence-electron chi connectivity index (χ1n) is 6.57. The first-order valence-corrected chi connectivity index (χ1v) is 6.57. The lowest BCUT2D eigenvalue weighted by Gasteiger charge is -2.38. The van der Waals surface area contributed by atoms with Crippen LogP contribution >= 0.6 is 0 Å². The van der Waals surface area contributed by atoms with Crippen LogP contribution in [0.15, 0.2) is 24.3 Å². The molecule has 1 aliphatic heterocycles. The van der Waals surface area contributed by atoms with Crippen molar-refractivity contribution in [1.82, 2.24) is 10.2 Å². The number of primary amides is 1. The zero-order valence-corrected chi connectivity index (χ0v) is 11.2. The van der Waals surface area contributed by atoms with Crippen LogP contribution in [0.1, 0.15) is 18.9 Å².